The van der Waals surface area contributed by atoms with E-state index in [2.05, 4.69) is 22.0 Å². The molecule has 0 amide bonds. The lowest BCUT2D eigenvalue weighted by atomic mass is 10.2. The van der Waals surface area contributed by atoms with Gasteiger partial charge in [-0.2, -0.15) is 0 Å². The van der Waals surface area contributed by atoms with Crippen molar-refractivity contribution in [3.05, 3.63) is 35.9 Å². The number of hydrogen-bond acceptors (Lipinski definition) is 3. The topological polar surface area (TPSA) is 41.6 Å². The summed E-state index contributed by atoms with van der Waals surface area (Å²) in [7, 11) is 0. The Bertz CT molecular complexity index is 319. The molecule has 1 aliphatic heterocycles. The van der Waals surface area contributed by atoms with Gasteiger partial charge in [-0.15, -0.1) is 0 Å². The van der Waals surface area contributed by atoms with Crippen LogP contribution in [-0.4, -0.2) is 36.9 Å². The lowest BCUT2D eigenvalue weighted by molar-refractivity contribution is 0.468. The molecular weight excluding hydrogens is 174 g/mol. The van der Waals surface area contributed by atoms with E-state index in [-0.39, 0.29) is 0 Å². The molecule has 2 N–H and O–H groups in total. The molecule has 1 aromatic rings. The Morgan fingerprint density at radius 2 is 2.07 bits per heavy atom. The molecule has 3 heteroatoms. The maximum atomic E-state index is 5.55. The Labute approximate surface area is 84.2 Å². The Morgan fingerprint density at radius 1 is 1.29 bits per heavy atom. The number of rotatable bonds is 3. The molecule has 0 aliphatic carbocycles. The van der Waals surface area contributed by atoms with Crippen molar-refractivity contribution < 1.29 is 0 Å². The highest BCUT2D eigenvalue weighted by atomic mass is 15.2. The van der Waals surface area contributed by atoms with Crippen LogP contribution in [0.1, 0.15) is 5.56 Å². The molecule has 0 unspecified atom stereocenters. The summed E-state index contributed by atoms with van der Waals surface area (Å²) in [6, 6.07) is 10.3. The molecule has 3 nitrogen and oxygen atoms in total. The van der Waals surface area contributed by atoms with Gasteiger partial charge in [0.2, 0.25) is 0 Å². The Kier molecular flexibility index (Phi) is 2.79. The van der Waals surface area contributed by atoms with Crippen LogP contribution in [0.4, 0.5) is 0 Å². The Balaban J connectivity index is 2.18. The Hall–Kier alpha value is -1.35. The number of nitrogens with two attached hydrogens (primary N) is 1. The second-order valence-electron chi connectivity index (χ2n) is 3.35. The van der Waals surface area contributed by atoms with Gasteiger partial charge in [-0.1, -0.05) is 30.3 Å². The van der Waals surface area contributed by atoms with Gasteiger partial charge in [0.1, 0.15) is 5.84 Å². The largest absolute Gasteiger partial charge is 0.353 e. The van der Waals surface area contributed by atoms with Gasteiger partial charge in [-0.05, 0) is 0 Å². The zero-order valence-corrected chi connectivity index (χ0v) is 8.19. The second-order valence-corrected chi connectivity index (χ2v) is 3.35. The minimum atomic E-state index is 0.686. The number of benzene rings is 1. The van der Waals surface area contributed by atoms with E-state index in [9.17, 15) is 0 Å². The van der Waals surface area contributed by atoms with E-state index < -0.39 is 0 Å². The molecule has 0 radical (unpaired) electrons. The monoisotopic (exact) mass is 189 g/mol. The normalized spacial score (nSPS) is 15.8. The third kappa shape index (κ3) is 1.77. The fraction of sp³-hybridized carbons (Fsp3) is 0.364. The molecule has 1 aromatic carbocycles. The minimum absolute atomic E-state index is 0.686. The summed E-state index contributed by atoms with van der Waals surface area (Å²) in [6.07, 6.45) is 0. The fourth-order valence-corrected chi connectivity index (χ4v) is 1.72. The summed E-state index contributed by atoms with van der Waals surface area (Å²) in [4.78, 5) is 6.74. The zero-order chi connectivity index (χ0) is 9.80. The van der Waals surface area contributed by atoms with Gasteiger partial charge >= 0.3 is 0 Å². The highest BCUT2D eigenvalue weighted by molar-refractivity contribution is 5.99. The van der Waals surface area contributed by atoms with Gasteiger partial charge in [0.25, 0.3) is 0 Å². The SMILES string of the molecule is NCCN1CCN=C1c1ccccc1. The first kappa shape index (κ1) is 9.21. The molecule has 0 atom stereocenters. The molecule has 0 spiro atoms. The van der Waals surface area contributed by atoms with Crippen LogP contribution in [0, 0.1) is 0 Å². The van der Waals surface area contributed by atoms with E-state index in [0.29, 0.717) is 6.54 Å². The maximum absolute atomic E-state index is 5.55. The molecule has 0 aromatic heterocycles. The van der Waals surface area contributed by atoms with Crippen LogP contribution in [-0.2, 0) is 0 Å². The summed E-state index contributed by atoms with van der Waals surface area (Å²) in [5.74, 6) is 1.09. The number of amidine groups is 1. The van der Waals surface area contributed by atoms with E-state index in [1.54, 1.807) is 0 Å². The van der Waals surface area contributed by atoms with Crippen molar-refractivity contribution in [2.75, 3.05) is 26.2 Å². The van der Waals surface area contributed by atoms with Crippen LogP contribution in [0.2, 0.25) is 0 Å². The molecule has 2 rings (SSSR count). The fourth-order valence-electron chi connectivity index (χ4n) is 1.72. The lowest BCUT2D eigenvalue weighted by Crippen LogP contribution is -2.33. The van der Waals surface area contributed by atoms with Gasteiger partial charge in [0.05, 0.1) is 6.54 Å². The number of hydrogen-bond donors (Lipinski definition) is 1. The standard InChI is InChI=1S/C11H15N3/c12-6-8-14-9-7-13-11(14)10-4-2-1-3-5-10/h1-5H,6-9,12H2. The van der Waals surface area contributed by atoms with E-state index in [4.69, 9.17) is 5.73 Å². The van der Waals surface area contributed by atoms with Crippen molar-refractivity contribution in [3.8, 4) is 0 Å². The molecule has 1 aliphatic rings. The summed E-state index contributed by atoms with van der Waals surface area (Å²) in [5, 5.41) is 0. The van der Waals surface area contributed by atoms with Crippen molar-refractivity contribution in [1.29, 1.82) is 0 Å². The highest BCUT2D eigenvalue weighted by Gasteiger charge is 2.16. The summed E-state index contributed by atoms with van der Waals surface area (Å²) < 4.78 is 0. The maximum Gasteiger partial charge on any atom is 0.131 e. The van der Waals surface area contributed by atoms with Gasteiger partial charge in [-0.3, -0.25) is 4.99 Å². The lowest BCUT2D eigenvalue weighted by Gasteiger charge is -2.19. The van der Waals surface area contributed by atoms with E-state index in [0.717, 1.165) is 25.5 Å². The average Bonchev–Trinajstić information content (AvgIpc) is 2.68. The number of aliphatic imine (C=N–C) groups is 1. The summed E-state index contributed by atoms with van der Waals surface area (Å²) in [5.41, 5.74) is 6.74. The van der Waals surface area contributed by atoms with Crippen molar-refractivity contribution >= 4 is 5.84 Å². The average molecular weight is 189 g/mol. The molecule has 74 valence electrons. The molecular formula is C11H15N3. The predicted octanol–water partition coefficient (Wildman–Crippen LogP) is 0.707. The Morgan fingerprint density at radius 3 is 2.79 bits per heavy atom. The van der Waals surface area contributed by atoms with Crippen LogP contribution < -0.4 is 5.73 Å². The van der Waals surface area contributed by atoms with Crippen LogP contribution in [0.3, 0.4) is 0 Å². The summed E-state index contributed by atoms with van der Waals surface area (Å²) in [6.45, 7) is 3.48. The van der Waals surface area contributed by atoms with E-state index in [1.807, 2.05) is 18.2 Å². The first-order valence-corrected chi connectivity index (χ1v) is 4.96. The molecule has 1 heterocycles. The number of nitrogens with zero attached hydrogens (tertiary/aromatic N) is 2. The highest BCUT2D eigenvalue weighted by Crippen LogP contribution is 2.10. The molecule has 14 heavy (non-hydrogen) atoms. The quantitative estimate of drug-likeness (QED) is 0.760. The van der Waals surface area contributed by atoms with Crippen LogP contribution in [0.5, 0.6) is 0 Å². The van der Waals surface area contributed by atoms with Crippen molar-refractivity contribution in [2.45, 2.75) is 0 Å². The third-order valence-corrected chi connectivity index (χ3v) is 2.36. The van der Waals surface area contributed by atoms with Gasteiger partial charge < -0.3 is 10.6 Å². The van der Waals surface area contributed by atoms with Crippen molar-refractivity contribution in [2.24, 2.45) is 10.7 Å². The minimum Gasteiger partial charge on any atom is -0.353 e. The van der Waals surface area contributed by atoms with Gasteiger partial charge in [0, 0.05) is 25.2 Å². The van der Waals surface area contributed by atoms with E-state index >= 15 is 0 Å². The van der Waals surface area contributed by atoms with Crippen LogP contribution in [0.15, 0.2) is 35.3 Å². The first-order chi connectivity index (χ1) is 6.92. The van der Waals surface area contributed by atoms with Crippen molar-refractivity contribution in [3.63, 3.8) is 0 Å². The van der Waals surface area contributed by atoms with Gasteiger partial charge in [0.15, 0.2) is 0 Å². The predicted molar refractivity (Wildman–Crippen MR) is 58.5 cm³/mol. The zero-order valence-electron chi connectivity index (χ0n) is 8.19. The summed E-state index contributed by atoms with van der Waals surface area (Å²) >= 11 is 0. The first-order valence-electron chi connectivity index (χ1n) is 4.96. The molecule has 0 fully saturated rings. The van der Waals surface area contributed by atoms with Gasteiger partial charge in [-0.25, -0.2) is 0 Å². The van der Waals surface area contributed by atoms with Crippen LogP contribution in [0.25, 0.3) is 0 Å². The van der Waals surface area contributed by atoms with Crippen LogP contribution >= 0.6 is 0 Å². The second kappa shape index (κ2) is 4.24. The van der Waals surface area contributed by atoms with E-state index in [1.165, 1.54) is 5.56 Å². The third-order valence-electron chi connectivity index (χ3n) is 2.36. The molecule has 0 saturated carbocycles. The smallest absolute Gasteiger partial charge is 0.131 e. The molecule has 0 saturated heterocycles. The molecule has 0 bridgehead atoms. The van der Waals surface area contributed by atoms with Crippen molar-refractivity contribution in [1.82, 2.24) is 4.90 Å².